The number of aryl methyl sites for hydroxylation is 1. The van der Waals surface area contributed by atoms with Crippen LogP contribution in [0.15, 0.2) is 17.1 Å². The monoisotopic (exact) mass is 282 g/mol. The molecule has 3 heteroatoms. The number of fused-ring (bicyclic) bond motifs is 1. The van der Waals surface area contributed by atoms with Gasteiger partial charge in [0.15, 0.2) is 0 Å². The maximum absolute atomic E-state index is 12.9. The van der Waals surface area contributed by atoms with Crippen molar-refractivity contribution < 1.29 is 0 Å². The average molecular weight is 282 g/mol. The molecular formula is C18H22N2O. The third-order valence-corrected chi connectivity index (χ3v) is 4.17. The molecule has 2 rings (SSSR count). The van der Waals surface area contributed by atoms with Crippen LogP contribution in [0.3, 0.4) is 0 Å². The van der Waals surface area contributed by atoms with E-state index in [-0.39, 0.29) is 11.5 Å². The van der Waals surface area contributed by atoms with E-state index in [0.29, 0.717) is 5.69 Å². The number of hydrogen-bond acceptors (Lipinski definition) is 2. The average Bonchev–Trinajstić information content (AvgIpc) is 2.66. The first-order chi connectivity index (χ1) is 9.86. The maximum atomic E-state index is 12.9. The van der Waals surface area contributed by atoms with Crippen LogP contribution >= 0.6 is 0 Å². The highest BCUT2D eigenvalue weighted by atomic mass is 16.1. The Morgan fingerprint density at radius 1 is 1.33 bits per heavy atom. The number of aromatic nitrogens is 1. The Hall–Kier alpha value is -2.21. The molecule has 2 N–H and O–H groups in total. The molecule has 0 aliphatic rings. The van der Waals surface area contributed by atoms with Gasteiger partial charge in [-0.25, -0.2) is 0 Å². The molecule has 2 aromatic rings. The smallest absolute Gasteiger partial charge is 0.259 e. The Morgan fingerprint density at radius 2 is 1.95 bits per heavy atom. The van der Waals surface area contributed by atoms with E-state index in [2.05, 4.69) is 18.0 Å². The third-order valence-electron chi connectivity index (χ3n) is 4.17. The summed E-state index contributed by atoms with van der Waals surface area (Å²) in [5, 5.41) is 0.827. The summed E-state index contributed by atoms with van der Waals surface area (Å²) in [7, 11) is 0. The summed E-state index contributed by atoms with van der Waals surface area (Å²) in [6, 6.07) is 0. The predicted molar refractivity (Wildman–Crippen MR) is 88.8 cm³/mol. The van der Waals surface area contributed by atoms with E-state index in [0.717, 1.165) is 39.5 Å². The van der Waals surface area contributed by atoms with Crippen molar-refractivity contribution >= 4 is 16.9 Å². The Labute approximate surface area is 125 Å². The second-order valence-electron chi connectivity index (χ2n) is 5.69. The quantitative estimate of drug-likeness (QED) is 0.861. The van der Waals surface area contributed by atoms with Crippen LogP contribution in [0.25, 0.3) is 11.2 Å². The zero-order chi connectivity index (χ0) is 15.9. The summed E-state index contributed by atoms with van der Waals surface area (Å²) in [6.45, 7) is 13.6. The normalized spacial score (nSPS) is 11.0. The van der Waals surface area contributed by atoms with Gasteiger partial charge in [-0.2, -0.15) is 0 Å². The molecule has 0 aliphatic heterocycles. The lowest BCUT2D eigenvalue weighted by Crippen LogP contribution is -2.28. The van der Waals surface area contributed by atoms with Gasteiger partial charge in [0.1, 0.15) is 0 Å². The van der Waals surface area contributed by atoms with Crippen molar-refractivity contribution in [2.45, 2.75) is 47.0 Å². The second-order valence-corrected chi connectivity index (χ2v) is 5.69. The van der Waals surface area contributed by atoms with Gasteiger partial charge in [0, 0.05) is 11.3 Å². The molecule has 0 aromatic carbocycles. The number of nitrogens with zero attached hydrogens (tertiary/aromatic N) is 1. The lowest BCUT2D eigenvalue weighted by Gasteiger charge is -2.11. The molecule has 0 amide bonds. The fraction of sp³-hybridized carbons (Fsp3) is 0.389. The first kappa shape index (κ1) is 15.2. The molecule has 0 saturated carbocycles. The molecule has 3 nitrogen and oxygen atoms in total. The minimum Gasteiger partial charge on any atom is -0.397 e. The van der Waals surface area contributed by atoms with Crippen LogP contribution in [-0.4, -0.2) is 4.40 Å². The zero-order valence-electron chi connectivity index (χ0n) is 13.4. The topological polar surface area (TPSA) is 47.5 Å². The summed E-state index contributed by atoms with van der Waals surface area (Å²) in [5.74, 6) is 0.139. The summed E-state index contributed by atoms with van der Waals surface area (Å²) in [6.07, 6.45) is 0.798. The molecular weight excluding hydrogens is 260 g/mol. The van der Waals surface area contributed by atoms with Crippen molar-refractivity contribution in [1.82, 2.24) is 4.40 Å². The molecule has 0 radical (unpaired) electrons. The molecule has 0 spiro atoms. The van der Waals surface area contributed by atoms with E-state index in [1.54, 1.807) is 4.40 Å². The van der Waals surface area contributed by atoms with Crippen LogP contribution < -0.4 is 16.5 Å². The number of hydrogen-bond donors (Lipinski definition) is 1. The van der Waals surface area contributed by atoms with Gasteiger partial charge in [0.25, 0.3) is 5.56 Å². The van der Waals surface area contributed by atoms with Crippen LogP contribution in [0.2, 0.25) is 0 Å². The minimum atomic E-state index is 0.0241. The van der Waals surface area contributed by atoms with E-state index in [4.69, 9.17) is 5.73 Å². The van der Waals surface area contributed by atoms with Gasteiger partial charge in [-0.3, -0.25) is 9.20 Å². The molecule has 0 bridgehead atoms. The highest BCUT2D eigenvalue weighted by Gasteiger charge is 2.20. The lowest BCUT2D eigenvalue weighted by atomic mass is 9.98. The minimum absolute atomic E-state index is 0.0241. The molecule has 0 saturated heterocycles. The highest BCUT2D eigenvalue weighted by molar-refractivity contribution is 5.78. The van der Waals surface area contributed by atoms with Crippen molar-refractivity contribution in [1.29, 1.82) is 0 Å². The van der Waals surface area contributed by atoms with Gasteiger partial charge in [0.05, 0.1) is 16.4 Å². The number of nitrogens with two attached hydrogens (primary N) is 1. The summed E-state index contributed by atoms with van der Waals surface area (Å²) in [5.41, 5.74) is 17.2. The maximum Gasteiger partial charge on any atom is 0.259 e. The Morgan fingerprint density at radius 3 is 2.43 bits per heavy atom. The van der Waals surface area contributed by atoms with E-state index >= 15 is 0 Å². The summed E-state index contributed by atoms with van der Waals surface area (Å²) in [4.78, 5) is 12.9. The van der Waals surface area contributed by atoms with Gasteiger partial charge in [-0.1, -0.05) is 32.2 Å². The number of anilines is 1. The van der Waals surface area contributed by atoms with Crippen molar-refractivity contribution in [2.24, 2.45) is 0 Å². The molecule has 110 valence electrons. The number of nitrogen functional groups attached to an aromatic ring is 1. The molecule has 2 heterocycles. The van der Waals surface area contributed by atoms with Gasteiger partial charge < -0.3 is 5.73 Å². The molecule has 0 aliphatic carbocycles. The Balaban J connectivity index is 3.33. The predicted octanol–water partition coefficient (Wildman–Crippen LogP) is 2.62. The fourth-order valence-corrected chi connectivity index (χ4v) is 3.22. The number of pyridine rings is 1. The zero-order valence-corrected chi connectivity index (χ0v) is 13.4. The molecule has 2 aromatic heterocycles. The number of rotatable bonds is 2. The van der Waals surface area contributed by atoms with Crippen LogP contribution in [0.4, 0.5) is 5.69 Å². The van der Waals surface area contributed by atoms with E-state index in [1.165, 1.54) is 0 Å². The highest BCUT2D eigenvalue weighted by Crippen LogP contribution is 2.24. The van der Waals surface area contributed by atoms with Gasteiger partial charge >= 0.3 is 0 Å². The summed E-state index contributed by atoms with van der Waals surface area (Å²) < 4.78 is 1.73. The summed E-state index contributed by atoms with van der Waals surface area (Å²) >= 11 is 0. The van der Waals surface area contributed by atoms with Crippen LogP contribution in [-0.2, 0) is 6.42 Å². The van der Waals surface area contributed by atoms with E-state index < -0.39 is 0 Å². The molecule has 0 atom stereocenters. The largest absolute Gasteiger partial charge is 0.397 e. The van der Waals surface area contributed by atoms with Gasteiger partial charge in [-0.15, -0.1) is 0 Å². The standard InChI is InChI=1S/C18H22N2O/c1-7-9-14-11(5)15(10(3)4)18(21)20-12(6)13(8-2)16(19)17(14)20/h10H,1,8,19H2,2-6H3. The van der Waals surface area contributed by atoms with Crippen LogP contribution in [0, 0.1) is 13.8 Å². The van der Waals surface area contributed by atoms with Gasteiger partial charge in [0.2, 0.25) is 0 Å². The van der Waals surface area contributed by atoms with Crippen molar-refractivity contribution in [3.05, 3.63) is 50.3 Å². The van der Waals surface area contributed by atoms with Gasteiger partial charge in [-0.05, 0) is 43.9 Å². The second kappa shape index (κ2) is 5.29. The van der Waals surface area contributed by atoms with Crippen molar-refractivity contribution in [2.75, 3.05) is 5.73 Å². The molecule has 0 fully saturated rings. The van der Waals surface area contributed by atoms with Crippen molar-refractivity contribution in [3.63, 3.8) is 0 Å². The first-order valence-electron chi connectivity index (χ1n) is 7.27. The lowest BCUT2D eigenvalue weighted by molar-refractivity contribution is 0.818. The van der Waals surface area contributed by atoms with E-state index in [9.17, 15) is 4.79 Å². The third kappa shape index (κ3) is 2.03. The van der Waals surface area contributed by atoms with Crippen LogP contribution in [0.5, 0.6) is 0 Å². The SMILES string of the molecule is C=C=C=c1c(C)c(C(C)C)c(=O)n2c(C)c(CC)c(N)c12. The Kier molecular flexibility index (Phi) is 3.82. The Bertz CT molecular complexity index is 890. The first-order valence-corrected chi connectivity index (χ1v) is 7.27. The fourth-order valence-electron chi connectivity index (χ4n) is 3.22. The van der Waals surface area contributed by atoms with Crippen LogP contribution in [0.1, 0.15) is 49.1 Å². The van der Waals surface area contributed by atoms with Crippen molar-refractivity contribution in [3.8, 4) is 0 Å². The molecule has 21 heavy (non-hydrogen) atoms. The van der Waals surface area contributed by atoms with E-state index in [1.807, 2.05) is 34.6 Å². The molecule has 0 unspecified atom stereocenters.